The van der Waals surface area contributed by atoms with Crippen LogP contribution in [0.2, 0.25) is 0 Å². The van der Waals surface area contributed by atoms with E-state index in [9.17, 15) is 13.2 Å². The molecule has 112 valence electrons. The number of aryl methyl sites for hydroxylation is 1. The minimum atomic E-state index is -3.85. The Bertz CT molecular complexity index is 586. The highest BCUT2D eigenvalue weighted by molar-refractivity contribution is 8.13. The SMILES string of the molecule is COCCC(C)NC(=O)c1cc(S(=O)(=O)Cl)ccc1C. The van der Waals surface area contributed by atoms with Gasteiger partial charge in [-0.3, -0.25) is 4.79 Å². The second-order valence-electron chi connectivity index (χ2n) is 4.57. The fourth-order valence-electron chi connectivity index (χ4n) is 1.67. The number of methoxy groups -OCH3 is 1. The largest absolute Gasteiger partial charge is 0.385 e. The van der Waals surface area contributed by atoms with E-state index in [1.54, 1.807) is 20.1 Å². The molecule has 0 aromatic heterocycles. The Balaban J connectivity index is 2.93. The molecular formula is C13H18ClNO4S. The summed E-state index contributed by atoms with van der Waals surface area (Å²) >= 11 is 0. The van der Waals surface area contributed by atoms with E-state index in [1.807, 2.05) is 6.92 Å². The molecule has 1 unspecified atom stereocenters. The van der Waals surface area contributed by atoms with Crippen LogP contribution in [0.3, 0.4) is 0 Å². The highest BCUT2D eigenvalue weighted by Crippen LogP contribution is 2.19. The molecule has 1 N–H and O–H groups in total. The van der Waals surface area contributed by atoms with Gasteiger partial charge >= 0.3 is 0 Å². The van der Waals surface area contributed by atoms with E-state index in [1.165, 1.54) is 12.1 Å². The van der Waals surface area contributed by atoms with Crippen molar-refractivity contribution in [3.8, 4) is 0 Å². The van der Waals surface area contributed by atoms with Crippen molar-refractivity contribution in [1.29, 1.82) is 0 Å². The van der Waals surface area contributed by atoms with Crippen molar-refractivity contribution in [2.75, 3.05) is 13.7 Å². The number of rotatable bonds is 6. The van der Waals surface area contributed by atoms with Gasteiger partial charge in [0.1, 0.15) is 0 Å². The molecule has 1 aromatic rings. The number of carbonyl (C=O) groups is 1. The summed E-state index contributed by atoms with van der Waals surface area (Å²) in [7, 11) is 3.03. The quantitative estimate of drug-likeness (QED) is 0.815. The summed E-state index contributed by atoms with van der Waals surface area (Å²) in [6.07, 6.45) is 0.675. The van der Waals surface area contributed by atoms with E-state index < -0.39 is 9.05 Å². The van der Waals surface area contributed by atoms with Gasteiger partial charge in [0.05, 0.1) is 4.90 Å². The van der Waals surface area contributed by atoms with Crippen LogP contribution < -0.4 is 5.32 Å². The summed E-state index contributed by atoms with van der Waals surface area (Å²) in [4.78, 5) is 12.0. The predicted molar refractivity (Wildman–Crippen MR) is 77.6 cm³/mol. The van der Waals surface area contributed by atoms with Crippen molar-refractivity contribution in [3.63, 3.8) is 0 Å². The minimum absolute atomic E-state index is 0.0712. The molecule has 0 saturated carbocycles. The van der Waals surface area contributed by atoms with Gasteiger partial charge in [-0.05, 0) is 38.0 Å². The molecule has 0 radical (unpaired) electrons. The van der Waals surface area contributed by atoms with Crippen molar-refractivity contribution < 1.29 is 17.9 Å². The lowest BCUT2D eigenvalue weighted by molar-refractivity contribution is 0.0929. The van der Waals surface area contributed by atoms with Crippen LogP contribution in [0.4, 0.5) is 0 Å². The van der Waals surface area contributed by atoms with Crippen LogP contribution in [0.15, 0.2) is 23.1 Å². The monoisotopic (exact) mass is 319 g/mol. The first-order valence-electron chi connectivity index (χ1n) is 6.11. The van der Waals surface area contributed by atoms with E-state index in [2.05, 4.69) is 5.32 Å². The molecule has 0 bridgehead atoms. The Morgan fingerprint density at radius 3 is 2.65 bits per heavy atom. The van der Waals surface area contributed by atoms with E-state index in [0.29, 0.717) is 24.2 Å². The first-order chi connectivity index (χ1) is 9.25. The van der Waals surface area contributed by atoms with Crippen molar-refractivity contribution in [2.24, 2.45) is 0 Å². The molecule has 1 rings (SSSR count). The van der Waals surface area contributed by atoms with Gasteiger partial charge in [0, 0.05) is 36.0 Å². The summed E-state index contributed by atoms with van der Waals surface area (Å²) in [5, 5.41) is 2.79. The number of halogens is 1. The standard InChI is InChI=1S/C13H18ClNO4S/c1-9-4-5-11(20(14,17)18)8-12(9)13(16)15-10(2)6-7-19-3/h4-5,8,10H,6-7H2,1-3H3,(H,15,16). The highest BCUT2D eigenvalue weighted by Gasteiger charge is 2.17. The average Bonchev–Trinajstić information content (AvgIpc) is 2.35. The molecule has 1 amide bonds. The molecule has 1 aromatic carbocycles. The summed E-state index contributed by atoms with van der Waals surface area (Å²) in [5.41, 5.74) is 0.988. The Hall–Kier alpha value is -1.11. The normalized spacial score (nSPS) is 13.0. The maximum Gasteiger partial charge on any atom is 0.261 e. The molecule has 5 nitrogen and oxygen atoms in total. The van der Waals surface area contributed by atoms with Crippen LogP contribution in [0.25, 0.3) is 0 Å². The zero-order chi connectivity index (χ0) is 15.3. The number of benzene rings is 1. The molecule has 0 saturated heterocycles. The Morgan fingerprint density at radius 2 is 2.10 bits per heavy atom. The number of amides is 1. The fourth-order valence-corrected chi connectivity index (χ4v) is 2.44. The summed E-state index contributed by atoms with van der Waals surface area (Å²) in [6.45, 7) is 4.13. The second-order valence-corrected chi connectivity index (χ2v) is 7.14. The van der Waals surface area contributed by atoms with Crippen LogP contribution in [0.5, 0.6) is 0 Å². The van der Waals surface area contributed by atoms with Crippen molar-refractivity contribution in [1.82, 2.24) is 5.32 Å². The van der Waals surface area contributed by atoms with E-state index in [4.69, 9.17) is 15.4 Å². The van der Waals surface area contributed by atoms with Gasteiger partial charge in [-0.15, -0.1) is 0 Å². The molecule has 0 aliphatic carbocycles. The van der Waals surface area contributed by atoms with Crippen LogP contribution in [-0.2, 0) is 13.8 Å². The number of nitrogens with one attached hydrogen (secondary N) is 1. The first-order valence-corrected chi connectivity index (χ1v) is 8.41. The summed E-state index contributed by atoms with van der Waals surface area (Å²) < 4.78 is 27.5. The van der Waals surface area contributed by atoms with Crippen molar-refractivity contribution >= 4 is 25.6 Å². The Kier molecular flexibility index (Phi) is 5.98. The van der Waals surface area contributed by atoms with Crippen LogP contribution >= 0.6 is 10.7 Å². The zero-order valence-corrected chi connectivity index (χ0v) is 13.2. The number of carbonyl (C=O) groups excluding carboxylic acids is 1. The van der Waals surface area contributed by atoms with Gasteiger partial charge in [-0.25, -0.2) is 8.42 Å². The summed E-state index contributed by atoms with van der Waals surface area (Å²) in [6, 6.07) is 4.15. The van der Waals surface area contributed by atoms with Crippen LogP contribution in [0.1, 0.15) is 29.3 Å². The molecule has 0 aliphatic rings. The minimum Gasteiger partial charge on any atom is -0.385 e. The lowest BCUT2D eigenvalue weighted by atomic mass is 10.1. The lowest BCUT2D eigenvalue weighted by Crippen LogP contribution is -2.33. The molecular weight excluding hydrogens is 302 g/mol. The Labute approximate surface area is 123 Å². The van der Waals surface area contributed by atoms with Crippen molar-refractivity contribution in [3.05, 3.63) is 29.3 Å². The average molecular weight is 320 g/mol. The first kappa shape index (κ1) is 16.9. The third-order valence-electron chi connectivity index (χ3n) is 2.87. The highest BCUT2D eigenvalue weighted by atomic mass is 35.7. The summed E-state index contributed by atoms with van der Waals surface area (Å²) in [5.74, 6) is -0.326. The smallest absolute Gasteiger partial charge is 0.261 e. The number of hydrogen-bond acceptors (Lipinski definition) is 4. The van der Waals surface area contributed by atoms with Gasteiger partial charge in [-0.2, -0.15) is 0 Å². The van der Waals surface area contributed by atoms with Gasteiger partial charge < -0.3 is 10.1 Å². The molecule has 7 heteroatoms. The van der Waals surface area contributed by atoms with Gasteiger partial charge in [0.15, 0.2) is 0 Å². The van der Waals surface area contributed by atoms with Gasteiger partial charge in [0.25, 0.3) is 15.0 Å². The van der Waals surface area contributed by atoms with E-state index in [-0.39, 0.29) is 16.8 Å². The van der Waals surface area contributed by atoms with Crippen LogP contribution in [-0.4, -0.2) is 34.1 Å². The van der Waals surface area contributed by atoms with Gasteiger partial charge in [-0.1, -0.05) is 6.07 Å². The maximum absolute atomic E-state index is 12.1. The predicted octanol–water partition coefficient (Wildman–Crippen LogP) is 2.08. The van der Waals surface area contributed by atoms with E-state index >= 15 is 0 Å². The van der Waals surface area contributed by atoms with Crippen molar-refractivity contribution in [2.45, 2.75) is 31.2 Å². The third-order valence-corrected chi connectivity index (χ3v) is 4.22. The second kappa shape index (κ2) is 7.06. The third kappa shape index (κ3) is 4.77. The molecule has 0 aliphatic heterocycles. The molecule has 1 atom stereocenters. The fraction of sp³-hybridized carbons (Fsp3) is 0.462. The molecule has 0 heterocycles. The van der Waals surface area contributed by atoms with Gasteiger partial charge in [0.2, 0.25) is 0 Å². The number of ether oxygens (including phenoxy) is 1. The van der Waals surface area contributed by atoms with E-state index in [0.717, 1.165) is 0 Å². The zero-order valence-electron chi connectivity index (χ0n) is 11.6. The molecule has 0 spiro atoms. The molecule has 20 heavy (non-hydrogen) atoms. The molecule has 0 fully saturated rings. The lowest BCUT2D eigenvalue weighted by Gasteiger charge is -2.14. The maximum atomic E-state index is 12.1. The number of hydrogen-bond donors (Lipinski definition) is 1. The van der Waals surface area contributed by atoms with Crippen LogP contribution in [0, 0.1) is 6.92 Å². The topological polar surface area (TPSA) is 72.5 Å². The Morgan fingerprint density at radius 1 is 1.45 bits per heavy atom.